The number of rotatable bonds is 14. The number of aromatic nitrogens is 3. The van der Waals surface area contributed by atoms with Crippen LogP contribution in [0.2, 0.25) is 0 Å². The van der Waals surface area contributed by atoms with Crippen LogP contribution in [0.4, 0.5) is 0 Å². The summed E-state index contributed by atoms with van der Waals surface area (Å²) in [6.07, 6.45) is 8.69. The third-order valence-corrected chi connectivity index (χ3v) is 8.78. The number of nitrogens with zero attached hydrogens (tertiary/aromatic N) is 5. The Morgan fingerprint density at radius 3 is 2.29 bits per heavy atom. The van der Waals surface area contributed by atoms with E-state index in [-0.39, 0.29) is 17.9 Å². The second kappa shape index (κ2) is 15.8. The summed E-state index contributed by atoms with van der Waals surface area (Å²) in [5, 5.41) is 9.92. The lowest BCUT2D eigenvalue weighted by atomic mass is 10.1. The first kappa shape index (κ1) is 30.8. The van der Waals surface area contributed by atoms with Gasteiger partial charge in [0.15, 0.2) is 11.0 Å². The van der Waals surface area contributed by atoms with E-state index < -0.39 is 0 Å². The molecule has 0 N–H and O–H groups in total. The number of unbranched alkanes of at least 4 members (excludes halogenated alkanes) is 5. The zero-order chi connectivity index (χ0) is 29.0. The molecule has 41 heavy (non-hydrogen) atoms. The Labute approximate surface area is 249 Å². The predicted octanol–water partition coefficient (Wildman–Crippen LogP) is 6.92. The fourth-order valence-corrected chi connectivity index (χ4v) is 6.29. The Hall–Kier alpha value is -3.13. The Morgan fingerprint density at radius 2 is 1.56 bits per heavy atom. The minimum absolute atomic E-state index is 0.0818. The Morgan fingerprint density at radius 1 is 0.854 bits per heavy atom. The topological polar surface area (TPSA) is 71.3 Å². The SMILES string of the molecule is CCCCCCCC(=O)N1CCN(C(=O)CCCCSc2nnc(-c3ccccc3)n2-c2ccc(C)cc2)CC1C. The molecule has 1 saturated heterocycles. The largest absolute Gasteiger partial charge is 0.339 e. The van der Waals surface area contributed by atoms with Crippen LogP contribution in [0.25, 0.3) is 17.1 Å². The molecule has 0 spiro atoms. The summed E-state index contributed by atoms with van der Waals surface area (Å²) in [6.45, 7) is 8.28. The van der Waals surface area contributed by atoms with Gasteiger partial charge in [0.05, 0.1) is 0 Å². The lowest BCUT2D eigenvalue weighted by molar-refractivity contribution is -0.142. The van der Waals surface area contributed by atoms with Crippen LogP contribution in [0.1, 0.15) is 77.2 Å². The Bertz CT molecular complexity index is 1240. The van der Waals surface area contributed by atoms with Crippen molar-refractivity contribution in [2.75, 3.05) is 25.4 Å². The maximum absolute atomic E-state index is 12.9. The number of hydrogen-bond acceptors (Lipinski definition) is 5. The third kappa shape index (κ3) is 8.68. The van der Waals surface area contributed by atoms with Gasteiger partial charge in [-0.05, 0) is 45.2 Å². The molecule has 1 fully saturated rings. The van der Waals surface area contributed by atoms with Gasteiger partial charge in [0.25, 0.3) is 0 Å². The molecule has 3 aromatic rings. The molecule has 4 rings (SSSR count). The highest BCUT2D eigenvalue weighted by atomic mass is 32.2. The maximum Gasteiger partial charge on any atom is 0.222 e. The molecule has 2 aromatic carbocycles. The van der Waals surface area contributed by atoms with Crippen molar-refractivity contribution in [1.29, 1.82) is 0 Å². The van der Waals surface area contributed by atoms with E-state index in [1.54, 1.807) is 11.8 Å². The molecule has 2 heterocycles. The summed E-state index contributed by atoms with van der Waals surface area (Å²) in [4.78, 5) is 29.6. The van der Waals surface area contributed by atoms with Gasteiger partial charge in [-0.3, -0.25) is 14.2 Å². The molecule has 1 unspecified atom stereocenters. The molecule has 1 aliphatic rings. The highest BCUT2D eigenvalue weighted by Crippen LogP contribution is 2.29. The standard InChI is InChI=1S/C33H45N5O2S/c1-4-5-6-7-11-17-31(40)37-23-22-36(25-27(37)3)30(39)16-12-13-24-41-33-35-34-32(28-14-9-8-10-15-28)38(33)29-20-18-26(2)19-21-29/h8-10,14-15,18-21,27H,4-7,11-13,16-17,22-25H2,1-3H3. The van der Waals surface area contributed by atoms with Crippen molar-refractivity contribution >= 4 is 23.6 Å². The summed E-state index contributed by atoms with van der Waals surface area (Å²) in [5.41, 5.74) is 3.28. The average Bonchev–Trinajstić information content (AvgIpc) is 3.41. The quantitative estimate of drug-likeness (QED) is 0.154. The van der Waals surface area contributed by atoms with Gasteiger partial charge in [-0.25, -0.2) is 0 Å². The van der Waals surface area contributed by atoms with Crippen LogP contribution in [-0.4, -0.2) is 67.8 Å². The summed E-state index contributed by atoms with van der Waals surface area (Å²) in [6, 6.07) is 18.7. The minimum atomic E-state index is 0.0818. The van der Waals surface area contributed by atoms with E-state index >= 15 is 0 Å². The van der Waals surface area contributed by atoms with Crippen LogP contribution in [0.5, 0.6) is 0 Å². The average molecular weight is 576 g/mol. The van der Waals surface area contributed by atoms with Gasteiger partial charge in [0.2, 0.25) is 11.8 Å². The Balaban J connectivity index is 1.23. The van der Waals surface area contributed by atoms with Gasteiger partial charge >= 0.3 is 0 Å². The van der Waals surface area contributed by atoms with Gasteiger partial charge in [0, 0.05) is 55.5 Å². The number of piperazine rings is 1. The first-order valence-corrected chi connectivity index (χ1v) is 16.2. The van der Waals surface area contributed by atoms with Crippen molar-refractivity contribution in [3.63, 3.8) is 0 Å². The van der Waals surface area contributed by atoms with Crippen LogP contribution in [0, 0.1) is 6.92 Å². The summed E-state index contributed by atoms with van der Waals surface area (Å²) >= 11 is 1.68. The smallest absolute Gasteiger partial charge is 0.222 e. The number of thioether (sulfide) groups is 1. The monoisotopic (exact) mass is 575 g/mol. The van der Waals surface area contributed by atoms with Crippen LogP contribution in [0.15, 0.2) is 59.8 Å². The molecule has 0 radical (unpaired) electrons. The lowest BCUT2D eigenvalue weighted by Gasteiger charge is -2.40. The van der Waals surface area contributed by atoms with E-state index in [9.17, 15) is 9.59 Å². The van der Waals surface area contributed by atoms with Crippen molar-refractivity contribution in [3.05, 3.63) is 60.2 Å². The van der Waals surface area contributed by atoms with E-state index in [0.717, 1.165) is 53.7 Å². The zero-order valence-electron chi connectivity index (χ0n) is 24.9. The van der Waals surface area contributed by atoms with E-state index in [2.05, 4.69) is 71.9 Å². The van der Waals surface area contributed by atoms with Gasteiger partial charge in [-0.1, -0.05) is 92.4 Å². The molecule has 2 amide bonds. The number of hydrogen-bond donors (Lipinski definition) is 0. The molecular formula is C33H45N5O2S. The van der Waals surface area contributed by atoms with Crippen molar-refractivity contribution in [2.24, 2.45) is 0 Å². The number of benzene rings is 2. The molecule has 0 bridgehead atoms. The van der Waals surface area contributed by atoms with E-state index in [0.29, 0.717) is 32.5 Å². The molecule has 1 aliphatic heterocycles. The summed E-state index contributed by atoms with van der Waals surface area (Å²) < 4.78 is 2.12. The zero-order valence-corrected chi connectivity index (χ0v) is 25.7. The molecule has 0 saturated carbocycles. The van der Waals surface area contributed by atoms with Gasteiger partial charge < -0.3 is 9.80 Å². The van der Waals surface area contributed by atoms with E-state index in [1.165, 1.54) is 24.8 Å². The highest BCUT2D eigenvalue weighted by Gasteiger charge is 2.29. The predicted molar refractivity (Wildman–Crippen MR) is 167 cm³/mol. The van der Waals surface area contributed by atoms with Gasteiger partial charge in [0.1, 0.15) is 0 Å². The number of carbonyl (C=O) groups excluding carboxylic acids is 2. The van der Waals surface area contributed by atoms with Crippen LogP contribution < -0.4 is 0 Å². The molecule has 220 valence electrons. The molecule has 0 aliphatic carbocycles. The van der Waals surface area contributed by atoms with E-state index in [4.69, 9.17) is 0 Å². The lowest BCUT2D eigenvalue weighted by Crippen LogP contribution is -2.55. The fourth-order valence-electron chi connectivity index (χ4n) is 5.34. The van der Waals surface area contributed by atoms with Crippen LogP contribution in [-0.2, 0) is 9.59 Å². The number of amides is 2. The first-order valence-electron chi connectivity index (χ1n) is 15.3. The number of carbonyl (C=O) groups is 2. The normalized spacial score (nSPS) is 15.3. The minimum Gasteiger partial charge on any atom is -0.339 e. The molecule has 7 nitrogen and oxygen atoms in total. The van der Waals surface area contributed by atoms with Crippen molar-refractivity contribution in [1.82, 2.24) is 24.6 Å². The summed E-state index contributed by atoms with van der Waals surface area (Å²) in [7, 11) is 0. The maximum atomic E-state index is 12.9. The van der Waals surface area contributed by atoms with Gasteiger partial charge in [-0.2, -0.15) is 0 Å². The van der Waals surface area contributed by atoms with E-state index in [1.807, 2.05) is 28.0 Å². The Kier molecular flexibility index (Phi) is 11.8. The third-order valence-electron chi connectivity index (χ3n) is 7.77. The second-order valence-electron chi connectivity index (χ2n) is 11.1. The molecule has 8 heteroatoms. The van der Waals surface area contributed by atoms with Crippen molar-refractivity contribution < 1.29 is 9.59 Å². The van der Waals surface area contributed by atoms with Crippen molar-refractivity contribution in [2.45, 2.75) is 89.8 Å². The molecule has 1 aromatic heterocycles. The first-order chi connectivity index (χ1) is 20.0. The van der Waals surface area contributed by atoms with Crippen molar-refractivity contribution in [3.8, 4) is 17.1 Å². The van der Waals surface area contributed by atoms with Gasteiger partial charge in [-0.15, -0.1) is 10.2 Å². The summed E-state index contributed by atoms with van der Waals surface area (Å²) in [5.74, 6) is 2.13. The fraction of sp³-hybridized carbons (Fsp3) is 0.515. The molecular weight excluding hydrogens is 530 g/mol. The second-order valence-corrected chi connectivity index (χ2v) is 12.2. The molecule has 1 atom stereocenters. The highest BCUT2D eigenvalue weighted by molar-refractivity contribution is 7.99. The number of aryl methyl sites for hydroxylation is 1. The van der Waals surface area contributed by atoms with Crippen LogP contribution >= 0.6 is 11.8 Å². The van der Waals surface area contributed by atoms with Crippen LogP contribution in [0.3, 0.4) is 0 Å².